The molecule has 1 atom stereocenters. The van der Waals surface area contributed by atoms with Gasteiger partial charge in [0.15, 0.2) is 0 Å². The van der Waals surface area contributed by atoms with E-state index in [0.717, 1.165) is 16.5 Å². The van der Waals surface area contributed by atoms with E-state index in [1.165, 1.54) is 31.4 Å². The van der Waals surface area contributed by atoms with Gasteiger partial charge < -0.3 is 15.0 Å². The second kappa shape index (κ2) is 9.43. The summed E-state index contributed by atoms with van der Waals surface area (Å²) < 4.78 is 33.3. The molecule has 30 heavy (non-hydrogen) atoms. The summed E-state index contributed by atoms with van der Waals surface area (Å²) in [6.45, 7) is 0.143. The molecule has 1 heterocycles. The number of nitrogens with one attached hydrogen (secondary N) is 3. The first kappa shape index (κ1) is 21.4. The number of nitrogens with zero attached hydrogens (tertiary/aromatic N) is 1. The molecule has 0 bridgehead atoms. The van der Waals surface area contributed by atoms with Crippen molar-refractivity contribution < 1.29 is 17.9 Å². The predicted octanol–water partition coefficient (Wildman–Crippen LogP) is 2.10. The van der Waals surface area contributed by atoms with E-state index in [2.05, 4.69) is 15.0 Å². The number of carbonyl (C=O) groups is 1. The summed E-state index contributed by atoms with van der Waals surface area (Å²) in [6, 6.07) is 14.4. The second-order valence-electron chi connectivity index (χ2n) is 6.61. The van der Waals surface area contributed by atoms with Crippen LogP contribution in [-0.4, -0.2) is 39.0 Å². The van der Waals surface area contributed by atoms with Gasteiger partial charge in [-0.1, -0.05) is 18.2 Å². The Labute approximate surface area is 174 Å². The maximum Gasteiger partial charge on any atom is 0.241 e. The van der Waals surface area contributed by atoms with E-state index in [0.29, 0.717) is 5.75 Å². The van der Waals surface area contributed by atoms with Gasteiger partial charge in [-0.25, -0.2) is 8.42 Å². The third-order valence-corrected chi connectivity index (χ3v) is 6.11. The van der Waals surface area contributed by atoms with Gasteiger partial charge in [-0.15, -0.1) is 0 Å². The van der Waals surface area contributed by atoms with Crippen LogP contribution in [0.25, 0.3) is 10.9 Å². The highest BCUT2D eigenvalue weighted by Crippen LogP contribution is 2.21. The van der Waals surface area contributed by atoms with Crippen LogP contribution >= 0.6 is 0 Å². The minimum atomic E-state index is -3.96. The number of benzene rings is 2. The fourth-order valence-corrected chi connectivity index (χ4v) is 4.28. The molecular weight excluding hydrogens is 404 g/mol. The summed E-state index contributed by atoms with van der Waals surface area (Å²) in [4.78, 5) is 15.9. The number of fused-ring (bicyclic) bond motifs is 1. The molecule has 1 amide bonds. The number of nitriles is 1. The van der Waals surface area contributed by atoms with Crippen molar-refractivity contribution in [1.82, 2.24) is 15.0 Å². The summed E-state index contributed by atoms with van der Waals surface area (Å²) in [7, 11) is -2.47. The molecule has 156 valence electrons. The smallest absolute Gasteiger partial charge is 0.241 e. The lowest BCUT2D eigenvalue weighted by molar-refractivity contribution is -0.122. The number of amides is 1. The van der Waals surface area contributed by atoms with Crippen molar-refractivity contribution in [2.45, 2.75) is 23.8 Å². The van der Waals surface area contributed by atoms with Crippen LogP contribution < -0.4 is 14.8 Å². The van der Waals surface area contributed by atoms with E-state index in [4.69, 9.17) is 10.00 Å². The highest BCUT2D eigenvalue weighted by molar-refractivity contribution is 7.89. The van der Waals surface area contributed by atoms with E-state index in [9.17, 15) is 13.2 Å². The van der Waals surface area contributed by atoms with Crippen molar-refractivity contribution in [3.8, 4) is 11.8 Å². The van der Waals surface area contributed by atoms with Gasteiger partial charge in [0.2, 0.25) is 15.9 Å². The van der Waals surface area contributed by atoms with Crippen LogP contribution in [0.5, 0.6) is 5.75 Å². The number of sulfonamides is 1. The largest absolute Gasteiger partial charge is 0.497 e. The van der Waals surface area contributed by atoms with Crippen LogP contribution in [0.15, 0.2) is 59.6 Å². The molecule has 3 rings (SSSR count). The van der Waals surface area contributed by atoms with Crippen molar-refractivity contribution in [3.63, 3.8) is 0 Å². The maximum absolute atomic E-state index is 12.9. The van der Waals surface area contributed by atoms with Gasteiger partial charge in [0.1, 0.15) is 11.8 Å². The van der Waals surface area contributed by atoms with E-state index < -0.39 is 22.0 Å². The third kappa shape index (κ3) is 4.97. The molecule has 8 nitrogen and oxygen atoms in total. The molecule has 2 aromatic carbocycles. The third-order valence-electron chi connectivity index (χ3n) is 4.62. The lowest BCUT2D eigenvalue weighted by Gasteiger charge is -2.18. The molecule has 9 heteroatoms. The van der Waals surface area contributed by atoms with Crippen LogP contribution in [0.2, 0.25) is 0 Å². The number of rotatable bonds is 9. The van der Waals surface area contributed by atoms with Crippen molar-refractivity contribution in [2.24, 2.45) is 0 Å². The first-order valence-corrected chi connectivity index (χ1v) is 10.8. The number of hydrogen-bond donors (Lipinski definition) is 3. The van der Waals surface area contributed by atoms with Crippen molar-refractivity contribution in [3.05, 3.63) is 60.3 Å². The molecule has 0 saturated carbocycles. The number of aromatic nitrogens is 1. The normalized spacial score (nSPS) is 12.3. The van der Waals surface area contributed by atoms with Crippen molar-refractivity contribution in [2.75, 3.05) is 13.7 Å². The zero-order valence-corrected chi connectivity index (χ0v) is 17.2. The Balaban J connectivity index is 1.86. The first-order valence-electron chi connectivity index (χ1n) is 9.30. The summed E-state index contributed by atoms with van der Waals surface area (Å²) in [5.41, 5.74) is 1.71. The monoisotopic (exact) mass is 426 g/mol. The Kier molecular flexibility index (Phi) is 6.72. The fraction of sp³-hybridized carbons (Fsp3) is 0.238. The highest BCUT2D eigenvalue weighted by atomic mass is 32.2. The van der Waals surface area contributed by atoms with E-state index in [1.807, 2.05) is 30.3 Å². The number of aromatic amines is 1. The van der Waals surface area contributed by atoms with Crippen LogP contribution in [0.3, 0.4) is 0 Å². The van der Waals surface area contributed by atoms with Gasteiger partial charge in [-0.2, -0.15) is 9.98 Å². The maximum atomic E-state index is 12.9. The zero-order valence-electron chi connectivity index (χ0n) is 16.4. The number of H-pyrrole nitrogens is 1. The summed E-state index contributed by atoms with van der Waals surface area (Å²) in [6.07, 6.45) is 2.05. The minimum Gasteiger partial charge on any atom is -0.497 e. The second-order valence-corrected chi connectivity index (χ2v) is 8.33. The lowest BCUT2D eigenvalue weighted by atomic mass is 10.1. The standard InChI is InChI=1S/C21H22N4O4S/c1-29-16-7-9-17(10-8-16)30(27,28)25-20(21(26)23-12-4-11-22)13-15-14-24-19-6-3-2-5-18(15)19/h2-3,5-10,14,20,24-25H,4,12-13H2,1H3,(H,23,26). The summed E-state index contributed by atoms with van der Waals surface area (Å²) in [5, 5.41) is 12.2. The highest BCUT2D eigenvalue weighted by Gasteiger charge is 2.27. The number of hydrogen-bond acceptors (Lipinski definition) is 5. The van der Waals surface area contributed by atoms with Crippen LogP contribution in [0.1, 0.15) is 12.0 Å². The van der Waals surface area contributed by atoms with Crippen LogP contribution in [-0.2, 0) is 21.2 Å². The van der Waals surface area contributed by atoms with Crippen molar-refractivity contribution >= 4 is 26.8 Å². The lowest BCUT2D eigenvalue weighted by Crippen LogP contribution is -2.48. The Morgan fingerprint density at radius 2 is 1.93 bits per heavy atom. The Morgan fingerprint density at radius 3 is 2.63 bits per heavy atom. The predicted molar refractivity (Wildman–Crippen MR) is 112 cm³/mol. The average Bonchev–Trinajstić information content (AvgIpc) is 3.16. The van der Waals surface area contributed by atoms with E-state index in [-0.39, 0.29) is 24.3 Å². The molecule has 0 fully saturated rings. The first-order chi connectivity index (χ1) is 14.4. The SMILES string of the molecule is COc1ccc(S(=O)(=O)NC(Cc2c[nH]c3ccccc23)C(=O)NCCC#N)cc1. The Morgan fingerprint density at radius 1 is 1.20 bits per heavy atom. The van der Waals surface area contributed by atoms with Crippen LogP contribution in [0, 0.1) is 11.3 Å². The molecule has 1 aromatic heterocycles. The number of carbonyl (C=O) groups excluding carboxylic acids is 1. The van der Waals surface area contributed by atoms with Gasteiger partial charge in [-0.05, 0) is 42.3 Å². The minimum absolute atomic E-state index is 0.0250. The molecule has 0 radical (unpaired) electrons. The van der Waals surface area contributed by atoms with Gasteiger partial charge in [0, 0.05) is 23.6 Å². The molecule has 0 saturated heterocycles. The molecule has 1 unspecified atom stereocenters. The van der Waals surface area contributed by atoms with Gasteiger partial charge >= 0.3 is 0 Å². The fourth-order valence-electron chi connectivity index (χ4n) is 3.08. The van der Waals surface area contributed by atoms with Crippen molar-refractivity contribution in [1.29, 1.82) is 5.26 Å². The average molecular weight is 426 g/mol. The molecule has 3 N–H and O–H groups in total. The molecule has 3 aromatic rings. The van der Waals surface area contributed by atoms with Gasteiger partial charge in [-0.3, -0.25) is 4.79 Å². The molecule has 0 aliphatic carbocycles. The summed E-state index contributed by atoms with van der Waals surface area (Å²) in [5.74, 6) is 0.0335. The molecule has 0 aliphatic rings. The summed E-state index contributed by atoms with van der Waals surface area (Å²) >= 11 is 0. The zero-order chi connectivity index (χ0) is 21.6. The van der Waals surface area contributed by atoms with E-state index >= 15 is 0 Å². The molecule has 0 spiro atoms. The number of ether oxygens (including phenoxy) is 1. The van der Waals surface area contributed by atoms with Gasteiger partial charge in [0.05, 0.1) is 24.5 Å². The Hall–Kier alpha value is -3.35. The molecular formula is C21H22N4O4S. The molecule has 0 aliphatic heterocycles. The topological polar surface area (TPSA) is 124 Å². The number of methoxy groups -OCH3 is 1. The van der Waals surface area contributed by atoms with E-state index in [1.54, 1.807) is 6.20 Å². The van der Waals surface area contributed by atoms with Crippen LogP contribution in [0.4, 0.5) is 0 Å². The van der Waals surface area contributed by atoms with Gasteiger partial charge in [0.25, 0.3) is 0 Å². The Bertz CT molecular complexity index is 1160. The quantitative estimate of drug-likeness (QED) is 0.452. The number of para-hydroxylation sites is 1.